The van der Waals surface area contributed by atoms with Gasteiger partial charge in [-0.15, -0.1) is 0 Å². The minimum atomic E-state index is -0.878. The molecule has 0 aliphatic heterocycles. The third-order valence-corrected chi connectivity index (χ3v) is 3.47. The normalized spacial score (nSPS) is 10.8. The van der Waals surface area contributed by atoms with E-state index in [0.717, 1.165) is 0 Å². The number of nitrogens with zero attached hydrogens (tertiary/aromatic N) is 1. The van der Waals surface area contributed by atoms with E-state index in [9.17, 15) is 9.90 Å². The van der Waals surface area contributed by atoms with Crippen LogP contribution in [0.15, 0.2) is 22.7 Å². The molecular formula is C13H15BrN2O2. The number of phenols is 1. The SMILES string of the molecule is CCC(C#N)(CC)NC(=O)c1ccc(Br)cc1O. The highest BCUT2D eigenvalue weighted by atomic mass is 79.9. The molecule has 0 unspecified atom stereocenters. The second-order valence-electron chi connectivity index (χ2n) is 4.02. The van der Waals surface area contributed by atoms with E-state index in [4.69, 9.17) is 5.26 Å². The summed E-state index contributed by atoms with van der Waals surface area (Å²) in [7, 11) is 0. The monoisotopic (exact) mass is 310 g/mol. The highest BCUT2D eigenvalue weighted by Gasteiger charge is 2.28. The third-order valence-electron chi connectivity index (χ3n) is 2.98. The van der Waals surface area contributed by atoms with Crippen LogP contribution in [0.5, 0.6) is 5.75 Å². The molecule has 1 rings (SSSR count). The van der Waals surface area contributed by atoms with Gasteiger partial charge in [-0.2, -0.15) is 5.26 Å². The number of aromatic hydroxyl groups is 1. The number of hydrogen-bond acceptors (Lipinski definition) is 3. The molecule has 1 aromatic rings. The largest absolute Gasteiger partial charge is 0.507 e. The Morgan fingerprint density at radius 1 is 1.50 bits per heavy atom. The molecular weight excluding hydrogens is 296 g/mol. The highest BCUT2D eigenvalue weighted by Crippen LogP contribution is 2.23. The van der Waals surface area contributed by atoms with Gasteiger partial charge in [0.15, 0.2) is 0 Å². The average Bonchev–Trinajstić information content (AvgIpc) is 2.36. The highest BCUT2D eigenvalue weighted by molar-refractivity contribution is 9.10. The zero-order valence-electron chi connectivity index (χ0n) is 10.3. The maximum atomic E-state index is 12.0. The van der Waals surface area contributed by atoms with Gasteiger partial charge in [-0.05, 0) is 31.0 Å². The van der Waals surface area contributed by atoms with Crippen molar-refractivity contribution in [3.63, 3.8) is 0 Å². The van der Waals surface area contributed by atoms with Crippen molar-refractivity contribution >= 4 is 21.8 Å². The molecule has 4 nitrogen and oxygen atoms in total. The molecule has 0 bridgehead atoms. The number of carbonyl (C=O) groups excluding carboxylic acids is 1. The summed E-state index contributed by atoms with van der Waals surface area (Å²) in [5.74, 6) is -0.550. The molecule has 0 atom stereocenters. The Kier molecular flexibility index (Phi) is 4.74. The number of carbonyl (C=O) groups is 1. The molecule has 18 heavy (non-hydrogen) atoms. The molecule has 0 radical (unpaired) electrons. The van der Waals surface area contributed by atoms with Gasteiger partial charge in [0.05, 0.1) is 11.6 Å². The topological polar surface area (TPSA) is 73.1 Å². The molecule has 0 aliphatic carbocycles. The van der Waals surface area contributed by atoms with E-state index in [0.29, 0.717) is 17.3 Å². The molecule has 0 heterocycles. The van der Waals surface area contributed by atoms with Gasteiger partial charge in [0.25, 0.3) is 5.91 Å². The summed E-state index contributed by atoms with van der Waals surface area (Å²) < 4.78 is 0.689. The fourth-order valence-electron chi connectivity index (χ4n) is 1.59. The van der Waals surface area contributed by atoms with E-state index in [1.54, 1.807) is 6.07 Å². The minimum absolute atomic E-state index is 0.110. The predicted octanol–water partition coefficient (Wildman–Crippen LogP) is 2.97. The number of benzene rings is 1. The lowest BCUT2D eigenvalue weighted by Gasteiger charge is -2.25. The first-order valence-corrected chi connectivity index (χ1v) is 6.49. The summed E-state index contributed by atoms with van der Waals surface area (Å²) >= 11 is 3.20. The molecule has 0 saturated carbocycles. The lowest BCUT2D eigenvalue weighted by atomic mass is 9.94. The van der Waals surface area contributed by atoms with Crippen LogP contribution in [-0.4, -0.2) is 16.6 Å². The fourth-order valence-corrected chi connectivity index (χ4v) is 1.94. The van der Waals surface area contributed by atoms with Gasteiger partial charge < -0.3 is 10.4 Å². The van der Waals surface area contributed by atoms with Crippen molar-refractivity contribution in [2.24, 2.45) is 0 Å². The van der Waals surface area contributed by atoms with Gasteiger partial charge in [-0.1, -0.05) is 29.8 Å². The standard InChI is InChI=1S/C13H15BrN2O2/c1-3-13(4-2,8-15)16-12(18)10-6-5-9(14)7-11(10)17/h5-7,17H,3-4H2,1-2H3,(H,16,18). The van der Waals surface area contributed by atoms with Crippen molar-refractivity contribution in [2.45, 2.75) is 32.2 Å². The first-order valence-electron chi connectivity index (χ1n) is 5.70. The summed E-state index contributed by atoms with van der Waals surface area (Å²) in [5, 5.41) is 21.5. The van der Waals surface area contributed by atoms with Crippen LogP contribution >= 0.6 is 15.9 Å². The lowest BCUT2D eigenvalue weighted by Crippen LogP contribution is -2.46. The Morgan fingerprint density at radius 2 is 2.11 bits per heavy atom. The summed E-state index contributed by atoms with van der Waals surface area (Å²) in [5.41, 5.74) is -0.712. The first kappa shape index (κ1) is 14.5. The second kappa shape index (κ2) is 5.87. The van der Waals surface area contributed by atoms with Crippen LogP contribution in [0.25, 0.3) is 0 Å². The number of hydrogen-bond donors (Lipinski definition) is 2. The number of nitriles is 1. The number of amides is 1. The molecule has 0 fully saturated rings. The lowest BCUT2D eigenvalue weighted by molar-refractivity contribution is 0.0913. The van der Waals surface area contributed by atoms with Crippen molar-refractivity contribution in [3.8, 4) is 11.8 Å². The summed E-state index contributed by atoms with van der Waals surface area (Å²) in [4.78, 5) is 12.0. The van der Waals surface area contributed by atoms with Crippen LogP contribution in [-0.2, 0) is 0 Å². The molecule has 5 heteroatoms. The molecule has 0 saturated heterocycles. The van der Waals surface area contributed by atoms with Crippen molar-refractivity contribution in [1.82, 2.24) is 5.32 Å². The van der Waals surface area contributed by atoms with Crippen molar-refractivity contribution in [3.05, 3.63) is 28.2 Å². The van der Waals surface area contributed by atoms with E-state index in [1.165, 1.54) is 12.1 Å². The molecule has 96 valence electrons. The van der Waals surface area contributed by atoms with Crippen molar-refractivity contribution in [2.75, 3.05) is 0 Å². The zero-order valence-corrected chi connectivity index (χ0v) is 11.9. The van der Waals surface area contributed by atoms with E-state index in [1.807, 2.05) is 13.8 Å². The van der Waals surface area contributed by atoms with Gasteiger partial charge >= 0.3 is 0 Å². The van der Waals surface area contributed by atoms with Crippen molar-refractivity contribution in [1.29, 1.82) is 5.26 Å². The summed E-state index contributed by atoms with van der Waals surface area (Å²) in [6.45, 7) is 3.68. The van der Waals surface area contributed by atoms with Gasteiger partial charge in [0.2, 0.25) is 0 Å². The maximum absolute atomic E-state index is 12.0. The zero-order chi connectivity index (χ0) is 13.8. The number of nitrogens with one attached hydrogen (secondary N) is 1. The van der Waals surface area contributed by atoms with Crippen molar-refractivity contribution < 1.29 is 9.90 Å². The summed E-state index contributed by atoms with van der Waals surface area (Å²) in [6.07, 6.45) is 1.03. The molecule has 0 spiro atoms. The van der Waals surface area contributed by atoms with E-state index in [-0.39, 0.29) is 11.3 Å². The van der Waals surface area contributed by atoms with Crippen LogP contribution in [0.4, 0.5) is 0 Å². The van der Waals surface area contributed by atoms with Crippen LogP contribution in [0.3, 0.4) is 0 Å². The fraction of sp³-hybridized carbons (Fsp3) is 0.385. The Balaban J connectivity index is 2.99. The smallest absolute Gasteiger partial charge is 0.256 e. The van der Waals surface area contributed by atoms with E-state index in [2.05, 4.69) is 27.3 Å². The molecule has 2 N–H and O–H groups in total. The van der Waals surface area contributed by atoms with E-state index >= 15 is 0 Å². The van der Waals surface area contributed by atoms with E-state index < -0.39 is 11.4 Å². The molecule has 0 aromatic heterocycles. The van der Waals surface area contributed by atoms with Gasteiger partial charge in [-0.25, -0.2) is 0 Å². The molecule has 1 aromatic carbocycles. The first-order chi connectivity index (χ1) is 8.48. The Bertz CT molecular complexity index is 490. The summed E-state index contributed by atoms with van der Waals surface area (Å²) in [6, 6.07) is 6.75. The third kappa shape index (κ3) is 3.02. The maximum Gasteiger partial charge on any atom is 0.256 e. The second-order valence-corrected chi connectivity index (χ2v) is 4.93. The quantitative estimate of drug-likeness (QED) is 0.898. The van der Waals surface area contributed by atoms with Crippen LogP contribution < -0.4 is 5.32 Å². The number of rotatable bonds is 4. The van der Waals surface area contributed by atoms with Gasteiger partial charge in [-0.3, -0.25) is 4.79 Å². The van der Waals surface area contributed by atoms with Crippen LogP contribution in [0.1, 0.15) is 37.0 Å². The Hall–Kier alpha value is -1.54. The Morgan fingerprint density at radius 3 is 2.56 bits per heavy atom. The van der Waals surface area contributed by atoms with Gasteiger partial charge in [0, 0.05) is 4.47 Å². The number of halogens is 1. The molecule has 0 aliphatic rings. The molecule has 1 amide bonds. The van der Waals surface area contributed by atoms with Gasteiger partial charge in [0.1, 0.15) is 11.3 Å². The average molecular weight is 311 g/mol. The van der Waals surface area contributed by atoms with Crippen LogP contribution in [0, 0.1) is 11.3 Å². The van der Waals surface area contributed by atoms with Crippen LogP contribution in [0.2, 0.25) is 0 Å². The predicted molar refractivity (Wildman–Crippen MR) is 72.2 cm³/mol. The minimum Gasteiger partial charge on any atom is -0.507 e. The number of phenolic OH excluding ortho intramolecular Hbond substituents is 1. The Labute approximate surface area is 115 Å².